The monoisotopic (exact) mass is 340 g/mol. The lowest BCUT2D eigenvalue weighted by Crippen LogP contribution is -2.17. The number of benzene rings is 2. The second-order valence-corrected chi connectivity index (χ2v) is 4.95. The fourth-order valence-corrected chi connectivity index (χ4v) is 2.01. The molecule has 0 unspecified atom stereocenters. The number of rotatable bonds is 8. The minimum atomic E-state index is -0.400. The zero-order chi connectivity index (χ0) is 18.1. The van der Waals surface area contributed by atoms with E-state index in [1.54, 1.807) is 48.5 Å². The number of ether oxygens (including phenoxy) is 2. The lowest BCUT2D eigenvalue weighted by Gasteiger charge is -2.12. The fourth-order valence-electron chi connectivity index (χ4n) is 2.01. The highest BCUT2D eigenvalue weighted by molar-refractivity contribution is 5.95. The van der Waals surface area contributed by atoms with Gasteiger partial charge in [-0.05, 0) is 37.3 Å². The number of hydrazone groups is 1. The van der Waals surface area contributed by atoms with Crippen LogP contribution in [0.1, 0.15) is 22.8 Å². The van der Waals surface area contributed by atoms with Crippen LogP contribution >= 0.6 is 0 Å². The molecule has 0 saturated carbocycles. The van der Waals surface area contributed by atoms with E-state index in [2.05, 4.69) is 17.1 Å². The third kappa shape index (κ3) is 5.10. The molecule has 130 valence electrons. The quantitative estimate of drug-likeness (QED) is 0.439. The van der Waals surface area contributed by atoms with Crippen LogP contribution in [-0.4, -0.2) is 30.4 Å². The SMILES string of the molecule is C=CCOc1ccc(C(=O)N/N=C/c2ccccc2O)cc1OCC. The summed E-state index contributed by atoms with van der Waals surface area (Å²) in [6, 6.07) is 11.6. The van der Waals surface area contributed by atoms with Crippen molar-refractivity contribution in [2.24, 2.45) is 5.10 Å². The molecule has 2 aromatic carbocycles. The molecule has 0 atom stereocenters. The van der Waals surface area contributed by atoms with Crippen molar-refractivity contribution in [3.05, 3.63) is 66.2 Å². The van der Waals surface area contributed by atoms with E-state index in [0.717, 1.165) is 0 Å². The lowest BCUT2D eigenvalue weighted by atomic mass is 10.2. The number of amides is 1. The number of para-hydroxylation sites is 1. The highest BCUT2D eigenvalue weighted by Gasteiger charge is 2.11. The Balaban J connectivity index is 2.09. The van der Waals surface area contributed by atoms with Gasteiger partial charge in [0.05, 0.1) is 12.8 Å². The van der Waals surface area contributed by atoms with Gasteiger partial charge in [0.1, 0.15) is 12.4 Å². The van der Waals surface area contributed by atoms with Crippen molar-refractivity contribution < 1.29 is 19.4 Å². The van der Waals surface area contributed by atoms with Gasteiger partial charge in [0, 0.05) is 11.1 Å². The van der Waals surface area contributed by atoms with Crippen LogP contribution in [0, 0.1) is 0 Å². The van der Waals surface area contributed by atoms with Crippen molar-refractivity contribution in [1.29, 1.82) is 0 Å². The summed E-state index contributed by atoms with van der Waals surface area (Å²) in [5.41, 5.74) is 3.30. The maximum absolute atomic E-state index is 12.2. The predicted molar refractivity (Wildman–Crippen MR) is 96.5 cm³/mol. The number of aromatic hydroxyl groups is 1. The Hall–Kier alpha value is -3.28. The van der Waals surface area contributed by atoms with Gasteiger partial charge in [-0.25, -0.2) is 5.43 Å². The Morgan fingerprint density at radius 1 is 1.24 bits per heavy atom. The van der Waals surface area contributed by atoms with Crippen LogP contribution in [0.2, 0.25) is 0 Å². The molecule has 0 aliphatic heterocycles. The van der Waals surface area contributed by atoms with Gasteiger partial charge in [0.15, 0.2) is 11.5 Å². The standard InChI is InChI=1S/C19H20N2O4/c1-3-11-25-17-10-9-14(12-18(17)24-4-2)19(23)21-20-13-15-7-5-6-8-16(15)22/h3,5-10,12-13,22H,1,4,11H2,2H3,(H,21,23)/b20-13+. The normalized spacial score (nSPS) is 10.4. The molecule has 0 fully saturated rings. The number of nitrogens with zero attached hydrogens (tertiary/aromatic N) is 1. The van der Waals surface area contributed by atoms with E-state index in [0.29, 0.717) is 35.8 Å². The molecule has 0 spiro atoms. The van der Waals surface area contributed by atoms with Crippen molar-refractivity contribution in [3.63, 3.8) is 0 Å². The first kappa shape index (κ1) is 18.1. The zero-order valence-corrected chi connectivity index (χ0v) is 13.9. The Morgan fingerprint density at radius 2 is 2.04 bits per heavy atom. The molecule has 2 aromatic rings. The zero-order valence-electron chi connectivity index (χ0n) is 13.9. The van der Waals surface area contributed by atoms with Crippen LogP contribution in [0.4, 0.5) is 0 Å². The number of nitrogens with one attached hydrogen (secondary N) is 1. The maximum atomic E-state index is 12.2. The van der Waals surface area contributed by atoms with Gasteiger partial charge >= 0.3 is 0 Å². The Labute approximate surface area is 146 Å². The Morgan fingerprint density at radius 3 is 2.76 bits per heavy atom. The highest BCUT2D eigenvalue weighted by atomic mass is 16.5. The topological polar surface area (TPSA) is 80.2 Å². The van der Waals surface area contributed by atoms with E-state index >= 15 is 0 Å². The van der Waals surface area contributed by atoms with Crippen LogP contribution in [0.25, 0.3) is 0 Å². The Kier molecular flexibility index (Phi) is 6.59. The van der Waals surface area contributed by atoms with E-state index in [1.165, 1.54) is 6.21 Å². The number of hydrogen-bond acceptors (Lipinski definition) is 5. The minimum Gasteiger partial charge on any atom is -0.507 e. The molecule has 25 heavy (non-hydrogen) atoms. The van der Waals surface area contributed by atoms with Crippen molar-refractivity contribution >= 4 is 12.1 Å². The van der Waals surface area contributed by atoms with E-state index in [-0.39, 0.29) is 5.75 Å². The molecular weight excluding hydrogens is 320 g/mol. The molecule has 6 nitrogen and oxygen atoms in total. The molecule has 1 amide bonds. The Bertz CT molecular complexity index is 772. The van der Waals surface area contributed by atoms with E-state index in [9.17, 15) is 9.90 Å². The fraction of sp³-hybridized carbons (Fsp3) is 0.158. The first-order valence-corrected chi connectivity index (χ1v) is 7.77. The van der Waals surface area contributed by atoms with Crippen molar-refractivity contribution in [1.82, 2.24) is 5.43 Å². The van der Waals surface area contributed by atoms with Crippen LogP contribution in [0.15, 0.2) is 60.2 Å². The van der Waals surface area contributed by atoms with Gasteiger partial charge in [0.25, 0.3) is 5.91 Å². The molecular formula is C19H20N2O4. The molecule has 2 N–H and O–H groups in total. The van der Waals surface area contributed by atoms with Crippen LogP contribution in [0.3, 0.4) is 0 Å². The summed E-state index contributed by atoms with van der Waals surface area (Å²) in [6.45, 7) is 6.24. The van der Waals surface area contributed by atoms with E-state index in [4.69, 9.17) is 9.47 Å². The molecule has 0 aliphatic rings. The lowest BCUT2D eigenvalue weighted by molar-refractivity contribution is 0.0954. The third-order valence-electron chi connectivity index (χ3n) is 3.17. The highest BCUT2D eigenvalue weighted by Crippen LogP contribution is 2.28. The summed E-state index contributed by atoms with van der Waals surface area (Å²) in [5, 5.41) is 13.5. The van der Waals surface area contributed by atoms with Crippen molar-refractivity contribution in [2.75, 3.05) is 13.2 Å². The molecule has 0 heterocycles. The third-order valence-corrected chi connectivity index (χ3v) is 3.17. The summed E-state index contributed by atoms with van der Waals surface area (Å²) in [5.74, 6) is 0.698. The van der Waals surface area contributed by atoms with Gasteiger partial charge < -0.3 is 14.6 Å². The van der Waals surface area contributed by atoms with Crippen LogP contribution in [-0.2, 0) is 0 Å². The summed E-state index contributed by atoms with van der Waals surface area (Å²) in [6.07, 6.45) is 3.00. The molecule has 6 heteroatoms. The average Bonchev–Trinajstić information content (AvgIpc) is 2.62. The minimum absolute atomic E-state index is 0.0860. The van der Waals surface area contributed by atoms with Gasteiger partial charge in [0.2, 0.25) is 0 Å². The van der Waals surface area contributed by atoms with Gasteiger partial charge in [-0.1, -0.05) is 24.8 Å². The average molecular weight is 340 g/mol. The van der Waals surface area contributed by atoms with Gasteiger partial charge in [-0.15, -0.1) is 0 Å². The molecule has 0 aliphatic carbocycles. The summed E-state index contributed by atoms with van der Waals surface area (Å²) in [4.78, 5) is 12.2. The number of carbonyl (C=O) groups is 1. The second-order valence-electron chi connectivity index (χ2n) is 4.95. The van der Waals surface area contributed by atoms with E-state index < -0.39 is 5.91 Å². The first-order valence-electron chi connectivity index (χ1n) is 7.77. The summed E-state index contributed by atoms with van der Waals surface area (Å²) in [7, 11) is 0. The number of phenols is 1. The summed E-state index contributed by atoms with van der Waals surface area (Å²) >= 11 is 0. The summed E-state index contributed by atoms with van der Waals surface area (Å²) < 4.78 is 11.0. The molecule has 0 radical (unpaired) electrons. The first-order chi connectivity index (χ1) is 12.2. The number of hydrogen-bond donors (Lipinski definition) is 2. The molecule has 0 bridgehead atoms. The predicted octanol–water partition coefficient (Wildman–Crippen LogP) is 3.12. The van der Waals surface area contributed by atoms with Gasteiger partial charge in [-0.2, -0.15) is 5.10 Å². The molecule has 0 saturated heterocycles. The van der Waals surface area contributed by atoms with Gasteiger partial charge in [-0.3, -0.25) is 4.79 Å². The molecule has 2 rings (SSSR count). The van der Waals surface area contributed by atoms with E-state index in [1.807, 2.05) is 6.92 Å². The largest absolute Gasteiger partial charge is 0.507 e. The van der Waals surface area contributed by atoms with Crippen molar-refractivity contribution in [3.8, 4) is 17.2 Å². The smallest absolute Gasteiger partial charge is 0.271 e. The number of carbonyl (C=O) groups excluding carboxylic acids is 1. The van der Waals surface area contributed by atoms with Crippen molar-refractivity contribution in [2.45, 2.75) is 6.92 Å². The second kappa shape index (κ2) is 9.12. The maximum Gasteiger partial charge on any atom is 0.271 e. The van der Waals surface area contributed by atoms with Crippen LogP contribution < -0.4 is 14.9 Å². The van der Waals surface area contributed by atoms with Crippen LogP contribution in [0.5, 0.6) is 17.2 Å². The number of phenolic OH excluding ortho intramolecular Hbond substituents is 1. The molecule has 0 aromatic heterocycles.